The molecule has 0 unspecified atom stereocenters. The van der Waals surface area contributed by atoms with E-state index in [1.807, 2.05) is 67.7 Å². The molecule has 1 heterocycles. The molecule has 0 saturated carbocycles. The van der Waals surface area contributed by atoms with Crippen LogP contribution in [0.3, 0.4) is 0 Å². The first kappa shape index (κ1) is 18.6. The third kappa shape index (κ3) is 3.67. The van der Waals surface area contributed by atoms with E-state index in [1.165, 1.54) is 0 Å². The van der Waals surface area contributed by atoms with Crippen molar-refractivity contribution < 1.29 is 9.59 Å². The minimum Gasteiger partial charge on any atom is -0.362 e. The van der Waals surface area contributed by atoms with Crippen molar-refractivity contribution in [1.82, 2.24) is 5.32 Å². The number of benzene rings is 3. The first-order chi connectivity index (χ1) is 14.2. The predicted octanol–water partition coefficient (Wildman–Crippen LogP) is 5.55. The molecule has 0 saturated heterocycles. The lowest BCUT2D eigenvalue weighted by molar-refractivity contribution is 0.103. The van der Waals surface area contributed by atoms with Crippen LogP contribution < -0.4 is 5.32 Å². The number of carbonyl (C=O) groups is 2. The van der Waals surface area contributed by atoms with Crippen molar-refractivity contribution in [3.05, 3.63) is 113 Å². The molecule has 29 heavy (non-hydrogen) atoms. The van der Waals surface area contributed by atoms with Crippen LogP contribution in [-0.2, 0) is 0 Å². The van der Waals surface area contributed by atoms with E-state index in [0.717, 1.165) is 40.7 Å². The van der Waals surface area contributed by atoms with Gasteiger partial charge in [0.15, 0.2) is 5.78 Å². The second kappa shape index (κ2) is 8.11. The summed E-state index contributed by atoms with van der Waals surface area (Å²) in [5.41, 5.74) is 6.26. The van der Waals surface area contributed by atoms with Gasteiger partial charge in [0.1, 0.15) is 6.29 Å². The highest BCUT2D eigenvalue weighted by Gasteiger charge is 2.22. The summed E-state index contributed by atoms with van der Waals surface area (Å²) >= 11 is 0. The SMILES string of the molecule is Cc1ccccc1-c1c(C(=O)c2ccccc2)cc(C=O)cc1C1=CCC=CN1. The Bertz CT molecular complexity index is 1140. The average molecular weight is 379 g/mol. The number of nitrogens with one attached hydrogen (secondary N) is 1. The molecule has 0 aromatic heterocycles. The summed E-state index contributed by atoms with van der Waals surface area (Å²) in [4.78, 5) is 25.2. The molecule has 0 bridgehead atoms. The van der Waals surface area contributed by atoms with Gasteiger partial charge in [-0.1, -0.05) is 66.7 Å². The van der Waals surface area contributed by atoms with Crippen LogP contribution in [-0.4, -0.2) is 12.1 Å². The lowest BCUT2D eigenvalue weighted by Crippen LogP contribution is -2.12. The maximum atomic E-state index is 13.5. The molecular weight excluding hydrogens is 358 g/mol. The highest BCUT2D eigenvalue weighted by molar-refractivity contribution is 6.15. The van der Waals surface area contributed by atoms with Crippen LogP contribution in [0.25, 0.3) is 16.8 Å². The van der Waals surface area contributed by atoms with Crippen molar-refractivity contribution in [3.8, 4) is 11.1 Å². The molecule has 3 aromatic rings. The number of hydrogen-bond donors (Lipinski definition) is 1. The van der Waals surface area contributed by atoms with E-state index in [1.54, 1.807) is 18.2 Å². The Morgan fingerprint density at radius 3 is 2.41 bits per heavy atom. The summed E-state index contributed by atoms with van der Waals surface area (Å²) in [5.74, 6) is -0.0965. The fraction of sp³-hybridized carbons (Fsp3) is 0.0769. The largest absolute Gasteiger partial charge is 0.362 e. The molecule has 3 aromatic carbocycles. The third-order valence-electron chi connectivity index (χ3n) is 5.10. The number of rotatable bonds is 5. The number of ketones is 1. The van der Waals surface area contributed by atoms with Crippen molar-refractivity contribution in [2.75, 3.05) is 0 Å². The van der Waals surface area contributed by atoms with E-state index in [-0.39, 0.29) is 5.78 Å². The van der Waals surface area contributed by atoms with Crippen molar-refractivity contribution >= 4 is 17.8 Å². The van der Waals surface area contributed by atoms with Gasteiger partial charge < -0.3 is 5.32 Å². The van der Waals surface area contributed by atoms with Gasteiger partial charge in [-0.2, -0.15) is 0 Å². The molecule has 1 N–H and O–H groups in total. The number of allylic oxidation sites excluding steroid dienone is 2. The molecule has 1 aliphatic heterocycles. The first-order valence-corrected chi connectivity index (χ1v) is 9.60. The van der Waals surface area contributed by atoms with E-state index in [4.69, 9.17) is 0 Å². The van der Waals surface area contributed by atoms with Crippen LogP contribution in [0, 0.1) is 6.92 Å². The summed E-state index contributed by atoms with van der Waals surface area (Å²) in [7, 11) is 0. The molecule has 3 heteroatoms. The third-order valence-corrected chi connectivity index (χ3v) is 5.10. The minimum absolute atomic E-state index is 0.0965. The predicted molar refractivity (Wildman–Crippen MR) is 117 cm³/mol. The molecule has 0 radical (unpaired) electrons. The molecule has 0 aliphatic carbocycles. The second-order valence-corrected chi connectivity index (χ2v) is 7.02. The minimum atomic E-state index is -0.0965. The fourth-order valence-electron chi connectivity index (χ4n) is 3.66. The Labute approximate surface area is 170 Å². The zero-order valence-electron chi connectivity index (χ0n) is 16.2. The molecular formula is C26H21NO2. The monoisotopic (exact) mass is 379 g/mol. The molecule has 1 aliphatic rings. The first-order valence-electron chi connectivity index (χ1n) is 9.60. The van der Waals surface area contributed by atoms with Crippen LogP contribution in [0.15, 0.2) is 85.1 Å². The van der Waals surface area contributed by atoms with Crippen LogP contribution in [0.4, 0.5) is 0 Å². The summed E-state index contributed by atoms with van der Waals surface area (Å²) in [5, 5.41) is 3.28. The van der Waals surface area contributed by atoms with Crippen LogP contribution in [0.1, 0.15) is 43.8 Å². The molecule has 142 valence electrons. The number of carbonyl (C=O) groups excluding carboxylic acids is 2. The Morgan fingerprint density at radius 1 is 0.966 bits per heavy atom. The Kier molecular flexibility index (Phi) is 5.21. The Hall–Kier alpha value is -3.72. The van der Waals surface area contributed by atoms with Crippen molar-refractivity contribution in [3.63, 3.8) is 0 Å². The molecule has 3 nitrogen and oxygen atoms in total. The lowest BCUT2D eigenvalue weighted by Gasteiger charge is -2.21. The average Bonchev–Trinajstić information content (AvgIpc) is 2.79. The highest BCUT2D eigenvalue weighted by Crippen LogP contribution is 2.36. The lowest BCUT2D eigenvalue weighted by atomic mass is 9.85. The Balaban J connectivity index is 2.03. The van der Waals surface area contributed by atoms with E-state index in [9.17, 15) is 9.59 Å². The molecule has 4 rings (SSSR count). The van der Waals surface area contributed by atoms with Gasteiger partial charge in [-0.3, -0.25) is 9.59 Å². The highest BCUT2D eigenvalue weighted by atomic mass is 16.1. The smallest absolute Gasteiger partial charge is 0.193 e. The topological polar surface area (TPSA) is 46.2 Å². The van der Waals surface area contributed by atoms with E-state index in [0.29, 0.717) is 16.7 Å². The summed E-state index contributed by atoms with van der Waals surface area (Å²) in [6.45, 7) is 2.03. The van der Waals surface area contributed by atoms with Crippen LogP contribution in [0.5, 0.6) is 0 Å². The van der Waals surface area contributed by atoms with Crippen molar-refractivity contribution in [2.24, 2.45) is 0 Å². The van der Waals surface area contributed by atoms with E-state index in [2.05, 4.69) is 11.4 Å². The van der Waals surface area contributed by atoms with Crippen molar-refractivity contribution in [1.29, 1.82) is 0 Å². The van der Waals surface area contributed by atoms with E-state index >= 15 is 0 Å². The van der Waals surface area contributed by atoms with Gasteiger partial charge in [0.2, 0.25) is 0 Å². The molecule has 0 fully saturated rings. The van der Waals surface area contributed by atoms with Gasteiger partial charge in [0, 0.05) is 33.5 Å². The molecule has 0 amide bonds. The van der Waals surface area contributed by atoms with Crippen LogP contribution >= 0.6 is 0 Å². The zero-order chi connectivity index (χ0) is 20.2. The van der Waals surface area contributed by atoms with Gasteiger partial charge in [0.05, 0.1) is 0 Å². The standard InChI is InChI=1S/C26H21NO2/c1-18-9-5-6-12-21(18)25-22(24-13-7-8-14-27-24)15-19(17-28)16-23(25)26(29)20-10-3-2-4-11-20/h2-6,8-17,27H,7H2,1H3. The second-order valence-electron chi connectivity index (χ2n) is 7.02. The fourth-order valence-corrected chi connectivity index (χ4v) is 3.66. The number of aldehydes is 1. The van der Waals surface area contributed by atoms with Crippen molar-refractivity contribution in [2.45, 2.75) is 13.3 Å². The molecule has 0 atom stereocenters. The van der Waals surface area contributed by atoms with Gasteiger partial charge in [-0.25, -0.2) is 0 Å². The maximum Gasteiger partial charge on any atom is 0.193 e. The normalized spacial score (nSPS) is 12.8. The molecule has 0 spiro atoms. The van der Waals surface area contributed by atoms with Gasteiger partial charge in [-0.05, 0) is 42.8 Å². The number of hydrogen-bond acceptors (Lipinski definition) is 3. The Morgan fingerprint density at radius 2 is 1.72 bits per heavy atom. The van der Waals surface area contributed by atoms with Crippen LogP contribution in [0.2, 0.25) is 0 Å². The zero-order valence-corrected chi connectivity index (χ0v) is 16.2. The van der Waals surface area contributed by atoms with Gasteiger partial charge in [-0.15, -0.1) is 0 Å². The number of dihydropyridines is 1. The van der Waals surface area contributed by atoms with Gasteiger partial charge in [0.25, 0.3) is 0 Å². The van der Waals surface area contributed by atoms with Gasteiger partial charge >= 0.3 is 0 Å². The summed E-state index contributed by atoms with van der Waals surface area (Å²) in [6.07, 6.45) is 7.58. The summed E-state index contributed by atoms with van der Waals surface area (Å²) < 4.78 is 0. The summed E-state index contributed by atoms with van der Waals surface area (Å²) in [6, 6.07) is 20.8. The number of aryl methyl sites for hydroxylation is 1. The quantitative estimate of drug-likeness (QED) is 0.467. The maximum absolute atomic E-state index is 13.5. The van der Waals surface area contributed by atoms with E-state index < -0.39 is 0 Å².